The monoisotopic (exact) mass is 491 g/mol. The fourth-order valence-corrected chi connectivity index (χ4v) is 5.70. The summed E-state index contributed by atoms with van der Waals surface area (Å²) in [4.78, 5) is 30.3. The number of carbonyl (C=O) groups is 1. The smallest absolute Gasteiger partial charge is 0.358 e. The van der Waals surface area contributed by atoms with Crippen LogP contribution in [0.2, 0.25) is 0 Å². The Morgan fingerprint density at radius 2 is 1.97 bits per heavy atom. The molecule has 0 unspecified atom stereocenters. The molecule has 4 heterocycles. The molecule has 1 aliphatic carbocycles. The average molecular weight is 492 g/mol. The van der Waals surface area contributed by atoms with Gasteiger partial charge in [-0.15, -0.1) is 0 Å². The zero-order valence-electron chi connectivity index (χ0n) is 18.9. The van der Waals surface area contributed by atoms with Crippen molar-refractivity contribution in [2.45, 2.75) is 24.5 Å². The Morgan fingerprint density at radius 1 is 1.17 bits per heavy atom. The number of hydrogen-bond acceptors (Lipinski definition) is 8. The predicted octanol–water partition coefficient (Wildman–Crippen LogP) is 3.02. The van der Waals surface area contributed by atoms with Gasteiger partial charge in [0.15, 0.2) is 11.5 Å². The van der Waals surface area contributed by atoms with E-state index in [4.69, 9.17) is 4.98 Å². The minimum absolute atomic E-state index is 0.110. The molecule has 0 saturated heterocycles. The summed E-state index contributed by atoms with van der Waals surface area (Å²) >= 11 is 0. The molecule has 12 heteroatoms. The molecule has 6 rings (SSSR count). The summed E-state index contributed by atoms with van der Waals surface area (Å²) in [6.07, 6.45) is 6.89. The first kappa shape index (κ1) is 21.5. The van der Waals surface area contributed by atoms with Crippen molar-refractivity contribution in [3.63, 3.8) is 0 Å². The summed E-state index contributed by atoms with van der Waals surface area (Å²) in [5, 5.41) is 13.0. The Kier molecular flexibility index (Phi) is 4.58. The molecular formula is C23H21N7O4S. The van der Waals surface area contributed by atoms with Crippen LogP contribution in [0.3, 0.4) is 0 Å². The Balaban J connectivity index is 1.47. The van der Waals surface area contributed by atoms with Crippen LogP contribution in [-0.2, 0) is 22.8 Å². The quantitative estimate of drug-likeness (QED) is 0.430. The van der Waals surface area contributed by atoms with Crippen LogP contribution in [0.25, 0.3) is 22.3 Å². The first-order chi connectivity index (χ1) is 16.7. The molecule has 0 amide bonds. The van der Waals surface area contributed by atoms with Gasteiger partial charge in [0.2, 0.25) is 10.0 Å². The van der Waals surface area contributed by atoms with E-state index in [9.17, 15) is 18.3 Å². The second-order valence-corrected chi connectivity index (χ2v) is 10.8. The highest BCUT2D eigenvalue weighted by Crippen LogP contribution is 2.44. The Morgan fingerprint density at radius 3 is 2.71 bits per heavy atom. The minimum Gasteiger partial charge on any atom is -0.476 e. The molecule has 0 radical (unpaired) electrons. The lowest BCUT2D eigenvalue weighted by Gasteiger charge is -2.15. The second-order valence-electron chi connectivity index (χ2n) is 8.84. The minimum atomic E-state index is -3.39. The van der Waals surface area contributed by atoms with Crippen LogP contribution in [0, 0.1) is 0 Å². The van der Waals surface area contributed by atoms with E-state index < -0.39 is 16.0 Å². The number of aryl methyl sites for hydroxylation is 1. The molecule has 1 aromatic carbocycles. The number of imidazole rings is 1. The maximum atomic E-state index is 12.2. The number of aromatic nitrogens is 5. The number of carboxylic acids is 1. The molecule has 2 N–H and O–H groups in total. The third kappa shape index (κ3) is 3.48. The highest BCUT2D eigenvalue weighted by atomic mass is 32.2. The topological polar surface area (TPSA) is 143 Å². The Bertz CT molecular complexity index is 1640. The van der Waals surface area contributed by atoms with E-state index in [1.807, 2.05) is 11.6 Å². The molecule has 1 saturated carbocycles. The van der Waals surface area contributed by atoms with E-state index in [2.05, 4.69) is 20.3 Å². The molecule has 1 fully saturated rings. The molecule has 11 nitrogen and oxygen atoms in total. The summed E-state index contributed by atoms with van der Waals surface area (Å²) < 4.78 is 27.5. The Hall–Kier alpha value is -4.06. The zero-order valence-corrected chi connectivity index (χ0v) is 19.7. The number of rotatable bonds is 5. The number of nitrogens with zero attached hydrogens (tertiary/aromatic N) is 6. The highest BCUT2D eigenvalue weighted by molar-refractivity contribution is 7.92. The van der Waals surface area contributed by atoms with Crippen LogP contribution in [0.1, 0.15) is 40.5 Å². The molecule has 178 valence electrons. The molecule has 0 atom stereocenters. The molecule has 3 aromatic heterocycles. The maximum Gasteiger partial charge on any atom is 0.358 e. The number of carboxylic acid groups (broad SMARTS) is 1. The number of fused-ring (bicyclic) bond motifs is 2. The van der Waals surface area contributed by atoms with Gasteiger partial charge in [-0.25, -0.2) is 28.2 Å². The summed E-state index contributed by atoms with van der Waals surface area (Å²) in [6.45, 7) is 0. The lowest BCUT2D eigenvalue weighted by Crippen LogP contribution is -2.20. The van der Waals surface area contributed by atoms with Crippen LogP contribution in [0.4, 0.5) is 17.2 Å². The van der Waals surface area contributed by atoms with Crippen LogP contribution in [0.15, 0.2) is 36.9 Å². The van der Waals surface area contributed by atoms with Gasteiger partial charge in [-0.1, -0.05) is 0 Å². The van der Waals surface area contributed by atoms with Gasteiger partial charge in [0.05, 0.1) is 40.9 Å². The summed E-state index contributed by atoms with van der Waals surface area (Å²) in [5.41, 5.74) is 4.83. The maximum absolute atomic E-state index is 12.2. The largest absolute Gasteiger partial charge is 0.476 e. The fourth-order valence-electron chi connectivity index (χ4n) is 4.41. The second kappa shape index (κ2) is 7.47. The Labute approximate surface area is 200 Å². The van der Waals surface area contributed by atoms with Crippen molar-refractivity contribution in [1.82, 2.24) is 24.5 Å². The van der Waals surface area contributed by atoms with Crippen molar-refractivity contribution < 1.29 is 18.3 Å². The third-order valence-corrected chi connectivity index (χ3v) is 8.13. The number of sulfonamides is 1. The van der Waals surface area contributed by atoms with Crippen molar-refractivity contribution in [3.05, 3.63) is 53.9 Å². The molecule has 2 aliphatic rings. The van der Waals surface area contributed by atoms with Crippen molar-refractivity contribution in [2.24, 2.45) is 7.05 Å². The van der Waals surface area contributed by atoms with Gasteiger partial charge in [-0.05, 0) is 36.6 Å². The lowest BCUT2D eigenvalue weighted by atomic mass is 10.1. The van der Waals surface area contributed by atoms with E-state index in [0.29, 0.717) is 39.4 Å². The van der Waals surface area contributed by atoms with Crippen molar-refractivity contribution in [3.8, 4) is 11.3 Å². The van der Waals surface area contributed by atoms with E-state index in [-0.39, 0.29) is 23.2 Å². The summed E-state index contributed by atoms with van der Waals surface area (Å²) in [5.74, 6) is -1.07. The first-order valence-electron chi connectivity index (χ1n) is 11.0. The van der Waals surface area contributed by atoms with Crippen LogP contribution in [-0.4, -0.2) is 51.0 Å². The SMILES string of the molecule is CN1c2ccc(Nc3nc(C4CC4)c(-c4cncc5c4ncn5C)nc3C(=O)O)cc2CS1(=O)=O. The van der Waals surface area contributed by atoms with Crippen LogP contribution in [0.5, 0.6) is 0 Å². The molecule has 4 aromatic rings. The van der Waals surface area contributed by atoms with Gasteiger partial charge >= 0.3 is 5.97 Å². The number of anilines is 3. The number of hydrogen-bond donors (Lipinski definition) is 2. The van der Waals surface area contributed by atoms with E-state index in [1.54, 1.807) is 36.9 Å². The first-order valence-corrected chi connectivity index (χ1v) is 12.6. The average Bonchev–Trinajstić information content (AvgIpc) is 3.56. The predicted molar refractivity (Wildman–Crippen MR) is 129 cm³/mol. The highest BCUT2D eigenvalue weighted by Gasteiger charge is 2.33. The summed E-state index contributed by atoms with van der Waals surface area (Å²) in [7, 11) is -0.00918. The molecule has 35 heavy (non-hydrogen) atoms. The van der Waals surface area contributed by atoms with E-state index in [0.717, 1.165) is 18.4 Å². The van der Waals surface area contributed by atoms with Gasteiger partial charge in [0.1, 0.15) is 5.52 Å². The molecule has 1 aliphatic heterocycles. The number of pyridine rings is 1. The molecule has 0 spiro atoms. The van der Waals surface area contributed by atoms with Crippen LogP contribution < -0.4 is 9.62 Å². The van der Waals surface area contributed by atoms with E-state index in [1.165, 1.54) is 11.4 Å². The van der Waals surface area contributed by atoms with Gasteiger partial charge in [-0.3, -0.25) is 9.29 Å². The zero-order chi connectivity index (χ0) is 24.5. The van der Waals surface area contributed by atoms with Crippen LogP contribution >= 0.6 is 0 Å². The number of nitrogens with one attached hydrogen (secondary N) is 1. The number of aromatic carboxylic acids is 1. The summed E-state index contributed by atoms with van der Waals surface area (Å²) in [6, 6.07) is 5.10. The molecule has 0 bridgehead atoms. The van der Waals surface area contributed by atoms with Gasteiger partial charge in [0.25, 0.3) is 0 Å². The van der Waals surface area contributed by atoms with E-state index >= 15 is 0 Å². The van der Waals surface area contributed by atoms with Crippen molar-refractivity contribution in [2.75, 3.05) is 16.7 Å². The molecular weight excluding hydrogens is 470 g/mol. The van der Waals surface area contributed by atoms with Crippen molar-refractivity contribution >= 4 is 44.2 Å². The van der Waals surface area contributed by atoms with Gasteiger partial charge in [-0.2, -0.15) is 0 Å². The normalized spacial score (nSPS) is 16.5. The third-order valence-electron chi connectivity index (χ3n) is 6.42. The number of benzene rings is 1. The standard InChI is InChI=1S/C23H21N7O4S/c1-29-11-25-19-15(8-24-9-17(19)29)20-18(12-3-4-12)28-22(21(27-20)23(31)32)26-14-5-6-16-13(7-14)10-35(33,34)30(16)2/h5-9,11-12H,3-4,10H2,1-2H3,(H,26,28)(H,31,32). The van der Waals surface area contributed by atoms with Gasteiger partial charge < -0.3 is 15.0 Å². The van der Waals surface area contributed by atoms with Gasteiger partial charge in [0, 0.05) is 37.5 Å². The fraction of sp³-hybridized carbons (Fsp3) is 0.261. The lowest BCUT2D eigenvalue weighted by molar-refractivity contribution is 0.0691. The van der Waals surface area contributed by atoms with Crippen molar-refractivity contribution in [1.29, 1.82) is 0 Å².